The fraction of sp³-hybridized carbons (Fsp3) is 0.389. The molecule has 0 bridgehead atoms. The van der Waals surface area contributed by atoms with Crippen LogP contribution in [0.1, 0.15) is 34.8 Å². The Kier molecular flexibility index (Phi) is 4.64. The van der Waals surface area contributed by atoms with Crippen LogP contribution in [0.15, 0.2) is 22.7 Å². The number of hydrogen-bond acceptors (Lipinski definition) is 4. The van der Waals surface area contributed by atoms with E-state index in [1.807, 2.05) is 6.92 Å². The van der Waals surface area contributed by atoms with Gasteiger partial charge in [0.25, 0.3) is 0 Å². The van der Waals surface area contributed by atoms with Gasteiger partial charge in [-0.25, -0.2) is 4.98 Å². The molecule has 1 amide bonds. The zero-order valence-electron chi connectivity index (χ0n) is 14.3. The number of aromatic amines is 1. The minimum absolute atomic E-state index is 0.0535. The Bertz CT molecular complexity index is 863. The van der Waals surface area contributed by atoms with Crippen LogP contribution in [0, 0.1) is 20.8 Å². The van der Waals surface area contributed by atoms with Crippen molar-refractivity contribution in [1.29, 1.82) is 0 Å². The number of fused-ring (bicyclic) bond motifs is 1. The first-order chi connectivity index (χ1) is 11.5. The molecule has 0 atom stereocenters. The van der Waals surface area contributed by atoms with E-state index in [9.17, 15) is 4.79 Å². The van der Waals surface area contributed by atoms with Gasteiger partial charge in [0.15, 0.2) is 0 Å². The van der Waals surface area contributed by atoms with Crippen molar-refractivity contribution >= 4 is 16.9 Å². The van der Waals surface area contributed by atoms with Gasteiger partial charge < -0.3 is 14.8 Å². The van der Waals surface area contributed by atoms with E-state index < -0.39 is 0 Å². The number of nitrogens with zero attached hydrogens (tertiary/aromatic N) is 2. The fourth-order valence-corrected chi connectivity index (χ4v) is 2.69. The number of imidazole rings is 1. The lowest BCUT2D eigenvalue weighted by molar-refractivity contribution is -0.120. The summed E-state index contributed by atoms with van der Waals surface area (Å²) in [6.07, 6.45) is 1.86. The van der Waals surface area contributed by atoms with Crippen LogP contribution in [0.25, 0.3) is 11.0 Å². The van der Waals surface area contributed by atoms with Gasteiger partial charge in [-0.2, -0.15) is 0 Å². The molecule has 0 aliphatic heterocycles. The Morgan fingerprint density at radius 3 is 2.88 bits per heavy atom. The molecule has 24 heavy (non-hydrogen) atoms. The summed E-state index contributed by atoms with van der Waals surface area (Å²) in [4.78, 5) is 19.8. The minimum atomic E-state index is -0.0535. The number of hydrogen-bond donors (Lipinski definition) is 2. The van der Waals surface area contributed by atoms with E-state index >= 15 is 0 Å². The van der Waals surface area contributed by atoms with E-state index in [-0.39, 0.29) is 12.3 Å². The number of aryl methyl sites for hydroxylation is 4. The zero-order valence-corrected chi connectivity index (χ0v) is 14.3. The summed E-state index contributed by atoms with van der Waals surface area (Å²) in [5.74, 6) is 1.49. The summed E-state index contributed by atoms with van der Waals surface area (Å²) >= 11 is 0. The number of H-pyrrole nitrogens is 1. The summed E-state index contributed by atoms with van der Waals surface area (Å²) in [5.41, 5.74) is 5.35. The molecule has 0 aliphatic rings. The predicted octanol–water partition coefficient (Wildman–Crippen LogP) is 2.77. The maximum Gasteiger partial charge on any atom is 0.227 e. The molecule has 0 saturated heterocycles. The van der Waals surface area contributed by atoms with Gasteiger partial charge in [-0.05, 0) is 44.4 Å². The Hall–Kier alpha value is -2.63. The summed E-state index contributed by atoms with van der Waals surface area (Å²) in [6.45, 7) is 6.63. The number of amides is 1. The van der Waals surface area contributed by atoms with Crippen LogP contribution >= 0.6 is 0 Å². The average molecular weight is 326 g/mol. The van der Waals surface area contributed by atoms with Crippen molar-refractivity contribution in [1.82, 2.24) is 20.4 Å². The van der Waals surface area contributed by atoms with E-state index in [0.29, 0.717) is 12.3 Å². The van der Waals surface area contributed by atoms with Gasteiger partial charge in [0.2, 0.25) is 5.91 Å². The van der Waals surface area contributed by atoms with Gasteiger partial charge in [0, 0.05) is 19.0 Å². The average Bonchev–Trinajstić information content (AvgIpc) is 3.14. The maximum atomic E-state index is 11.8. The van der Waals surface area contributed by atoms with Crippen molar-refractivity contribution in [3.63, 3.8) is 0 Å². The molecule has 0 unspecified atom stereocenters. The van der Waals surface area contributed by atoms with E-state index in [2.05, 4.69) is 46.4 Å². The van der Waals surface area contributed by atoms with Crippen molar-refractivity contribution in [2.75, 3.05) is 6.54 Å². The highest BCUT2D eigenvalue weighted by Gasteiger charge is 2.09. The Morgan fingerprint density at radius 2 is 2.12 bits per heavy atom. The molecular formula is C18H22N4O2. The maximum absolute atomic E-state index is 11.8. The van der Waals surface area contributed by atoms with Gasteiger partial charge >= 0.3 is 0 Å². The lowest BCUT2D eigenvalue weighted by Crippen LogP contribution is -2.26. The number of nitrogens with one attached hydrogen (secondary N) is 2. The third-order valence-corrected chi connectivity index (χ3v) is 4.15. The van der Waals surface area contributed by atoms with Gasteiger partial charge in [0.05, 0.1) is 23.1 Å². The smallest absolute Gasteiger partial charge is 0.227 e. The quantitative estimate of drug-likeness (QED) is 0.682. The predicted molar refractivity (Wildman–Crippen MR) is 91.8 cm³/mol. The number of carbonyl (C=O) groups is 1. The van der Waals surface area contributed by atoms with Crippen molar-refractivity contribution in [2.45, 2.75) is 40.0 Å². The fourth-order valence-electron chi connectivity index (χ4n) is 2.69. The lowest BCUT2D eigenvalue weighted by atomic mass is 10.1. The number of benzene rings is 1. The van der Waals surface area contributed by atoms with Crippen molar-refractivity contribution in [3.8, 4) is 0 Å². The van der Waals surface area contributed by atoms with Gasteiger partial charge in [-0.3, -0.25) is 4.79 Å². The summed E-state index contributed by atoms with van der Waals surface area (Å²) in [5, 5.41) is 6.67. The molecule has 6 heteroatoms. The molecule has 6 nitrogen and oxygen atoms in total. The standard InChI is InChI=1S/C18H22N4O2/c1-11-6-7-15-18(13(11)3)21-16(20-15)5-4-8-19-17(23)10-14-9-12(2)22-24-14/h6-7,9H,4-5,8,10H2,1-3H3,(H,19,23)(H,20,21). The van der Waals surface area contributed by atoms with Gasteiger partial charge in [-0.15, -0.1) is 0 Å². The van der Waals surface area contributed by atoms with Gasteiger partial charge in [-0.1, -0.05) is 11.2 Å². The van der Waals surface area contributed by atoms with Crippen LogP contribution in [-0.2, 0) is 17.6 Å². The molecule has 126 valence electrons. The molecule has 2 heterocycles. The monoisotopic (exact) mass is 326 g/mol. The normalized spacial score (nSPS) is 11.1. The Labute approximate surface area is 140 Å². The first kappa shape index (κ1) is 16.2. The number of aromatic nitrogens is 3. The first-order valence-corrected chi connectivity index (χ1v) is 8.16. The second-order valence-electron chi connectivity index (χ2n) is 6.15. The van der Waals surface area contributed by atoms with Crippen LogP contribution in [0.4, 0.5) is 0 Å². The SMILES string of the molecule is Cc1cc(CC(=O)NCCCc2nc3c(C)c(C)ccc3[nH]2)on1. The largest absolute Gasteiger partial charge is 0.361 e. The highest BCUT2D eigenvalue weighted by Crippen LogP contribution is 2.19. The lowest BCUT2D eigenvalue weighted by Gasteiger charge is -2.02. The van der Waals surface area contributed by atoms with Crippen LogP contribution in [0.3, 0.4) is 0 Å². The summed E-state index contributed by atoms with van der Waals surface area (Å²) in [6, 6.07) is 5.94. The van der Waals surface area contributed by atoms with E-state index in [0.717, 1.165) is 35.4 Å². The van der Waals surface area contributed by atoms with Crippen molar-refractivity contribution < 1.29 is 9.32 Å². The molecule has 0 fully saturated rings. The molecule has 2 N–H and O–H groups in total. The summed E-state index contributed by atoms with van der Waals surface area (Å²) < 4.78 is 5.04. The van der Waals surface area contributed by atoms with E-state index in [4.69, 9.17) is 4.52 Å². The minimum Gasteiger partial charge on any atom is -0.361 e. The third-order valence-electron chi connectivity index (χ3n) is 4.15. The second kappa shape index (κ2) is 6.86. The van der Waals surface area contributed by atoms with Crippen LogP contribution in [-0.4, -0.2) is 27.6 Å². The molecule has 0 spiro atoms. The van der Waals surface area contributed by atoms with Gasteiger partial charge in [0.1, 0.15) is 11.6 Å². The van der Waals surface area contributed by atoms with Crippen LogP contribution in [0.5, 0.6) is 0 Å². The molecule has 3 aromatic rings. The topological polar surface area (TPSA) is 83.8 Å². The molecular weight excluding hydrogens is 304 g/mol. The van der Waals surface area contributed by atoms with Crippen LogP contribution in [0.2, 0.25) is 0 Å². The van der Waals surface area contributed by atoms with Crippen molar-refractivity contribution in [3.05, 3.63) is 46.6 Å². The Morgan fingerprint density at radius 1 is 1.29 bits per heavy atom. The third kappa shape index (κ3) is 3.64. The Balaban J connectivity index is 1.48. The molecule has 1 aromatic carbocycles. The highest BCUT2D eigenvalue weighted by atomic mass is 16.5. The van der Waals surface area contributed by atoms with Crippen LogP contribution < -0.4 is 5.32 Å². The highest BCUT2D eigenvalue weighted by molar-refractivity contribution is 5.80. The first-order valence-electron chi connectivity index (χ1n) is 8.16. The van der Waals surface area contributed by atoms with E-state index in [1.54, 1.807) is 6.07 Å². The molecule has 2 aromatic heterocycles. The van der Waals surface area contributed by atoms with Crippen molar-refractivity contribution in [2.24, 2.45) is 0 Å². The number of rotatable bonds is 6. The molecule has 0 radical (unpaired) electrons. The summed E-state index contributed by atoms with van der Waals surface area (Å²) in [7, 11) is 0. The number of carbonyl (C=O) groups excluding carboxylic acids is 1. The zero-order chi connectivity index (χ0) is 17.1. The molecule has 0 saturated carbocycles. The second-order valence-corrected chi connectivity index (χ2v) is 6.15. The van der Waals surface area contributed by atoms with E-state index in [1.165, 1.54) is 11.1 Å². The molecule has 0 aliphatic carbocycles. The molecule has 3 rings (SSSR count).